The Morgan fingerprint density at radius 2 is 0.980 bits per heavy atom. The van der Waals surface area contributed by atoms with Crippen molar-refractivity contribution >= 4 is 47.3 Å². The second kappa shape index (κ2) is 26.6. The van der Waals surface area contributed by atoms with Crippen LogP contribution in [-0.4, -0.2) is 124 Å². The van der Waals surface area contributed by atoms with E-state index in [4.69, 9.17) is 11.5 Å². The zero-order valence-corrected chi connectivity index (χ0v) is 29.4. The monoisotopic (exact) mass is 698 g/mol. The average Bonchev–Trinajstić information content (AvgIpc) is 3.02. The average molecular weight is 699 g/mol. The number of nitrogens with one attached hydrogen (secondary N) is 7. The topological polar surface area (TPSA) is 276 Å². The van der Waals surface area contributed by atoms with Gasteiger partial charge in [-0.3, -0.25) is 38.4 Å². The van der Waals surface area contributed by atoms with Gasteiger partial charge in [0.15, 0.2) is 0 Å². The first-order valence-corrected chi connectivity index (χ1v) is 16.7. The van der Waals surface area contributed by atoms with Crippen molar-refractivity contribution in [3.8, 4) is 0 Å². The third kappa shape index (κ3) is 22.8. The molecule has 0 heterocycles. The molecule has 0 spiro atoms. The summed E-state index contributed by atoms with van der Waals surface area (Å²) in [7, 11) is 3.26. The molecular weight excluding hydrogens is 640 g/mol. The molecule has 0 saturated heterocycles. The van der Waals surface area contributed by atoms with Gasteiger partial charge in [-0.25, -0.2) is 0 Å². The lowest BCUT2D eigenvalue weighted by Crippen LogP contribution is -2.48. The van der Waals surface area contributed by atoms with E-state index in [0.717, 1.165) is 4.90 Å². The molecule has 11 N–H and O–H groups in total. The molecule has 0 aliphatic rings. The Labute approximate surface area is 288 Å². The fourth-order valence-electron chi connectivity index (χ4n) is 4.78. The molecule has 0 aromatic carbocycles. The number of hydrogen-bond acceptors (Lipinski definition) is 10. The molecule has 0 rings (SSSR count). The smallest absolute Gasteiger partial charge is 0.242 e. The predicted molar refractivity (Wildman–Crippen MR) is 182 cm³/mol. The highest BCUT2D eigenvalue weighted by molar-refractivity contribution is 5.90. The molecule has 0 saturated carbocycles. The van der Waals surface area contributed by atoms with Gasteiger partial charge in [0.1, 0.15) is 19.1 Å². The maximum Gasteiger partial charge on any atom is 0.242 e. The minimum atomic E-state index is -0.838. The maximum absolute atomic E-state index is 13.1. The number of hydrogen-bond donors (Lipinski definition) is 9. The van der Waals surface area contributed by atoms with Crippen molar-refractivity contribution < 1.29 is 38.4 Å². The number of nitrogens with zero attached hydrogens (tertiary/aromatic N) is 1. The predicted octanol–water partition coefficient (Wildman–Crippen LogP) is -3.15. The Bertz CT molecular complexity index is 1040. The van der Waals surface area contributed by atoms with Gasteiger partial charge in [-0.15, -0.1) is 0 Å². The van der Waals surface area contributed by atoms with Gasteiger partial charge in [-0.2, -0.15) is 0 Å². The normalized spacial score (nSPS) is 12.5. The number of likely N-dealkylation sites (N-methyl/N-ethyl adjacent to an activating group) is 2. The molecule has 0 bridgehead atoms. The number of carbonyl (C=O) groups excluding carboxylic acids is 8. The third-order valence-electron chi connectivity index (χ3n) is 7.51. The van der Waals surface area contributed by atoms with E-state index in [2.05, 4.69) is 37.2 Å². The third-order valence-corrected chi connectivity index (χ3v) is 7.51. The van der Waals surface area contributed by atoms with E-state index in [1.807, 2.05) is 0 Å². The minimum Gasteiger partial charge on any atom is -0.368 e. The van der Waals surface area contributed by atoms with Crippen LogP contribution in [0.15, 0.2) is 0 Å². The van der Waals surface area contributed by atoms with Gasteiger partial charge in [0.25, 0.3) is 0 Å². The van der Waals surface area contributed by atoms with Crippen molar-refractivity contribution in [2.75, 3.05) is 53.4 Å². The number of unbranched alkanes of at least 4 members (excludes halogenated alkanes) is 3. The van der Waals surface area contributed by atoms with Crippen molar-refractivity contribution in [1.29, 1.82) is 0 Å². The van der Waals surface area contributed by atoms with E-state index in [1.165, 1.54) is 13.8 Å². The first kappa shape index (κ1) is 44.7. The number of primary amides is 2. The number of rotatable bonds is 28. The molecule has 49 heavy (non-hydrogen) atoms. The highest BCUT2D eigenvalue weighted by Crippen LogP contribution is 2.04. The number of carbonyl (C=O) groups is 8. The number of nitrogens with two attached hydrogens (primary N) is 2. The quantitative estimate of drug-likeness (QED) is 0.0370. The summed E-state index contributed by atoms with van der Waals surface area (Å²) in [6, 6.07) is -1.78. The van der Waals surface area contributed by atoms with Crippen molar-refractivity contribution in [3.05, 3.63) is 0 Å². The van der Waals surface area contributed by atoms with Crippen molar-refractivity contribution in [2.24, 2.45) is 11.5 Å². The van der Waals surface area contributed by atoms with Crippen LogP contribution in [0.3, 0.4) is 0 Å². The molecule has 0 aromatic heterocycles. The van der Waals surface area contributed by atoms with Crippen molar-refractivity contribution in [2.45, 2.75) is 96.2 Å². The summed E-state index contributed by atoms with van der Waals surface area (Å²) in [5.74, 6) is -3.50. The molecule has 18 nitrogen and oxygen atoms in total. The van der Waals surface area contributed by atoms with Crippen LogP contribution in [0.1, 0.15) is 78.1 Å². The highest BCUT2D eigenvalue weighted by Gasteiger charge is 2.23. The summed E-state index contributed by atoms with van der Waals surface area (Å²) < 4.78 is 0. The molecule has 0 fully saturated rings. The molecule has 0 aliphatic heterocycles. The molecular formula is C31H58N10O8. The molecule has 0 aromatic rings. The van der Waals surface area contributed by atoms with Crippen LogP contribution in [0.25, 0.3) is 0 Å². The van der Waals surface area contributed by atoms with Crippen LogP contribution < -0.4 is 48.7 Å². The molecule has 0 aliphatic carbocycles. The summed E-state index contributed by atoms with van der Waals surface area (Å²) in [6.07, 6.45) is 4.61. The van der Waals surface area contributed by atoms with E-state index in [0.29, 0.717) is 64.3 Å². The minimum absolute atomic E-state index is 0.0988. The summed E-state index contributed by atoms with van der Waals surface area (Å²) in [6.45, 7) is 2.81. The largest absolute Gasteiger partial charge is 0.368 e. The standard InChI is InChI=1S/C31H58N10O8/c1-21(42)36-15-8-7-13-25(40-22(2)43)31(49)39-18-14-28(46)41(19-26(44)37-16-9-5-11-23(34-3)29(32)47)20-27(45)38-17-10-6-12-24(35-4)30(33)48/h23-25,34-35H,5-20H2,1-4H3,(H2,32,47)(H2,33,48)(H,36,42)(H,37,44)(H,38,45)(H,39,49)(H,40,43). The Morgan fingerprint density at radius 1 is 0.551 bits per heavy atom. The van der Waals surface area contributed by atoms with Crippen LogP contribution in [0.2, 0.25) is 0 Å². The second-order valence-corrected chi connectivity index (χ2v) is 11.7. The van der Waals surface area contributed by atoms with Crippen molar-refractivity contribution in [3.63, 3.8) is 0 Å². The SMILES string of the molecule is CNC(CCCCNC(=O)CN(CC(=O)NCCCCC(NC)C(N)=O)C(=O)CCNC(=O)C(CCCCNC(C)=O)NC(C)=O)C(N)=O. The Balaban J connectivity index is 5.13. The summed E-state index contributed by atoms with van der Waals surface area (Å²) in [4.78, 5) is 97.8. The van der Waals surface area contributed by atoms with Crippen LogP contribution in [0, 0.1) is 0 Å². The fourth-order valence-corrected chi connectivity index (χ4v) is 4.78. The van der Waals surface area contributed by atoms with Gasteiger partial charge < -0.3 is 53.6 Å². The first-order valence-electron chi connectivity index (χ1n) is 16.7. The molecule has 3 unspecified atom stereocenters. The Kier molecular flexibility index (Phi) is 24.3. The van der Waals surface area contributed by atoms with E-state index in [9.17, 15) is 38.4 Å². The summed E-state index contributed by atoms with van der Waals surface area (Å²) in [5.41, 5.74) is 10.6. The van der Waals surface area contributed by atoms with Gasteiger partial charge in [0.05, 0.1) is 12.1 Å². The first-order chi connectivity index (χ1) is 23.2. The second-order valence-electron chi connectivity index (χ2n) is 11.7. The summed E-state index contributed by atoms with van der Waals surface area (Å²) in [5, 5.41) is 19.0. The molecule has 18 heteroatoms. The van der Waals surface area contributed by atoms with E-state index in [-0.39, 0.29) is 32.0 Å². The van der Waals surface area contributed by atoms with Crippen molar-refractivity contribution in [1.82, 2.24) is 42.1 Å². The lowest BCUT2D eigenvalue weighted by Gasteiger charge is -2.23. The Hall–Kier alpha value is -4.32. The van der Waals surface area contributed by atoms with E-state index in [1.54, 1.807) is 14.1 Å². The van der Waals surface area contributed by atoms with Gasteiger partial charge >= 0.3 is 0 Å². The zero-order chi connectivity index (χ0) is 37.2. The fraction of sp³-hybridized carbons (Fsp3) is 0.742. The van der Waals surface area contributed by atoms with Gasteiger partial charge in [-0.1, -0.05) is 0 Å². The van der Waals surface area contributed by atoms with E-state index < -0.39 is 72.6 Å². The molecule has 0 radical (unpaired) electrons. The van der Waals surface area contributed by atoms with Crippen LogP contribution >= 0.6 is 0 Å². The maximum atomic E-state index is 13.1. The summed E-state index contributed by atoms with van der Waals surface area (Å²) >= 11 is 0. The zero-order valence-electron chi connectivity index (χ0n) is 29.4. The molecule has 8 amide bonds. The van der Waals surface area contributed by atoms with Gasteiger partial charge in [-0.05, 0) is 71.9 Å². The lowest BCUT2D eigenvalue weighted by atomic mass is 10.1. The molecule has 280 valence electrons. The van der Waals surface area contributed by atoms with Crippen LogP contribution in [-0.2, 0) is 38.4 Å². The number of amides is 8. The molecule has 3 atom stereocenters. The van der Waals surface area contributed by atoms with Gasteiger partial charge in [0.2, 0.25) is 47.3 Å². The van der Waals surface area contributed by atoms with Crippen LogP contribution in [0.4, 0.5) is 0 Å². The Morgan fingerprint density at radius 3 is 1.37 bits per heavy atom. The lowest BCUT2D eigenvalue weighted by molar-refractivity contribution is -0.139. The van der Waals surface area contributed by atoms with E-state index >= 15 is 0 Å². The van der Waals surface area contributed by atoms with Gasteiger partial charge in [0, 0.05) is 46.4 Å². The highest BCUT2D eigenvalue weighted by atomic mass is 16.2. The van der Waals surface area contributed by atoms with Crippen LogP contribution in [0.5, 0.6) is 0 Å².